The lowest BCUT2D eigenvalue weighted by molar-refractivity contribution is 0.718. The summed E-state index contributed by atoms with van der Waals surface area (Å²) in [5.41, 5.74) is 2.52. The van der Waals surface area contributed by atoms with E-state index in [-0.39, 0.29) is 0 Å². The fraction of sp³-hybridized carbons (Fsp3) is 0.250. The second kappa shape index (κ2) is 6.99. The molecule has 0 unspecified atom stereocenters. The molecule has 19 heavy (non-hydrogen) atoms. The molecule has 0 heterocycles. The first kappa shape index (κ1) is 14.4. The van der Waals surface area contributed by atoms with Crippen molar-refractivity contribution in [3.8, 4) is 0 Å². The highest BCUT2D eigenvalue weighted by Gasteiger charge is 2.08. The topological polar surface area (TPSA) is 12.0 Å². The van der Waals surface area contributed by atoms with Crippen molar-refractivity contribution in [3.05, 3.63) is 58.6 Å². The van der Waals surface area contributed by atoms with Crippen LogP contribution in [0.4, 0.5) is 0 Å². The average molecular weight is 292 g/mol. The Kier molecular flexibility index (Phi) is 5.32. The van der Waals surface area contributed by atoms with Crippen LogP contribution >= 0.6 is 23.4 Å². The highest BCUT2D eigenvalue weighted by molar-refractivity contribution is 7.99. The van der Waals surface area contributed by atoms with Gasteiger partial charge in [0, 0.05) is 16.3 Å². The Bertz CT molecular complexity index is 537. The van der Waals surface area contributed by atoms with E-state index in [1.165, 1.54) is 16.0 Å². The maximum Gasteiger partial charge on any atom is 0.0548 e. The minimum absolute atomic E-state index is 0.820. The molecule has 0 saturated carbocycles. The van der Waals surface area contributed by atoms with Gasteiger partial charge in [-0.1, -0.05) is 60.1 Å². The molecule has 0 amide bonds. The van der Waals surface area contributed by atoms with Gasteiger partial charge in [0.15, 0.2) is 0 Å². The zero-order valence-electron chi connectivity index (χ0n) is 11.2. The number of hydrogen-bond donors (Lipinski definition) is 1. The van der Waals surface area contributed by atoms with Crippen LogP contribution in [0.2, 0.25) is 5.02 Å². The normalized spacial score (nSPS) is 10.7. The smallest absolute Gasteiger partial charge is 0.0548 e. The largest absolute Gasteiger partial charge is 0.313 e. The van der Waals surface area contributed by atoms with Crippen LogP contribution in [-0.4, -0.2) is 6.54 Å². The Hall–Kier alpha value is -0.960. The van der Waals surface area contributed by atoms with Crippen LogP contribution in [0.5, 0.6) is 0 Å². The Balaban J connectivity index is 2.25. The first-order chi connectivity index (χ1) is 9.20. The first-order valence-electron chi connectivity index (χ1n) is 6.43. The van der Waals surface area contributed by atoms with E-state index in [0.717, 1.165) is 23.0 Å². The molecule has 0 aliphatic heterocycles. The van der Waals surface area contributed by atoms with Gasteiger partial charge in [-0.3, -0.25) is 0 Å². The summed E-state index contributed by atoms with van der Waals surface area (Å²) in [5.74, 6) is 0. The molecule has 2 rings (SSSR count). The van der Waals surface area contributed by atoms with Crippen LogP contribution in [0.3, 0.4) is 0 Å². The van der Waals surface area contributed by atoms with Crippen LogP contribution in [0, 0.1) is 6.92 Å². The van der Waals surface area contributed by atoms with Gasteiger partial charge >= 0.3 is 0 Å². The fourth-order valence-electron chi connectivity index (χ4n) is 1.79. The lowest BCUT2D eigenvalue weighted by Crippen LogP contribution is -2.12. The Morgan fingerprint density at radius 1 is 1.11 bits per heavy atom. The molecule has 0 atom stereocenters. The summed E-state index contributed by atoms with van der Waals surface area (Å²) < 4.78 is 0. The van der Waals surface area contributed by atoms with Crippen molar-refractivity contribution in [1.82, 2.24) is 5.32 Å². The van der Waals surface area contributed by atoms with Gasteiger partial charge < -0.3 is 5.32 Å². The minimum Gasteiger partial charge on any atom is -0.313 e. The quantitative estimate of drug-likeness (QED) is 0.840. The van der Waals surface area contributed by atoms with Crippen LogP contribution in [0.15, 0.2) is 52.3 Å². The van der Waals surface area contributed by atoms with Gasteiger partial charge in [-0.25, -0.2) is 0 Å². The molecule has 0 saturated heterocycles. The first-order valence-corrected chi connectivity index (χ1v) is 7.62. The highest BCUT2D eigenvalue weighted by Crippen LogP contribution is 2.36. The van der Waals surface area contributed by atoms with E-state index in [1.807, 2.05) is 12.1 Å². The fourth-order valence-corrected chi connectivity index (χ4v) is 3.05. The Morgan fingerprint density at radius 3 is 2.53 bits per heavy atom. The summed E-state index contributed by atoms with van der Waals surface area (Å²) in [4.78, 5) is 2.37. The minimum atomic E-state index is 0.820. The van der Waals surface area contributed by atoms with Crippen molar-refractivity contribution in [3.63, 3.8) is 0 Å². The summed E-state index contributed by atoms with van der Waals surface area (Å²) >= 11 is 8.07. The second-order valence-electron chi connectivity index (χ2n) is 4.42. The van der Waals surface area contributed by atoms with Crippen molar-refractivity contribution < 1.29 is 0 Å². The van der Waals surface area contributed by atoms with E-state index in [0.29, 0.717) is 0 Å². The summed E-state index contributed by atoms with van der Waals surface area (Å²) in [7, 11) is 0. The van der Waals surface area contributed by atoms with Crippen LogP contribution in [-0.2, 0) is 6.54 Å². The number of benzene rings is 2. The summed E-state index contributed by atoms with van der Waals surface area (Å²) in [6.07, 6.45) is 0. The average Bonchev–Trinajstić information content (AvgIpc) is 2.42. The molecule has 0 aromatic heterocycles. The Morgan fingerprint density at radius 2 is 1.84 bits per heavy atom. The maximum atomic E-state index is 6.34. The molecular weight excluding hydrogens is 274 g/mol. The van der Waals surface area contributed by atoms with Crippen molar-refractivity contribution in [2.45, 2.75) is 30.2 Å². The van der Waals surface area contributed by atoms with Crippen molar-refractivity contribution >= 4 is 23.4 Å². The van der Waals surface area contributed by atoms with E-state index in [4.69, 9.17) is 11.6 Å². The maximum absolute atomic E-state index is 6.34. The van der Waals surface area contributed by atoms with Crippen molar-refractivity contribution in [1.29, 1.82) is 0 Å². The van der Waals surface area contributed by atoms with Gasteiger partial charge in [-0.2, -0.15) is 0 Å². The SMILES string of the molecule is CCNCc1cccc(Cl)c1Sc1ccc(C)cc1. The molecule has 1 N–H and O–H groups in total. The van der Waals surface area contributed by atoms with Crippen LogP contribution < -0.4 is 5.32 Å². The molecule has 100 valence electrons. The molecule has 0 radical (unpaired) electrons. The third-order valence-electron chi connectivity index (χ3n) is 2.85. The highest BCUT2D eigenvalue weighted by atomic mass is 35.5. The van der Waals surface area contributed by atoms with Gasteiger partial charge in [-0.05, 0) is 37.2 Å². The van der Waals surface area contributed by atoms with E-state index >= 15 is 0 Å². The van der Waals surface area contributed by atoms with Gasteiger partial charge in [0.05, 0.1) is 5.02 Å². The van der Waals surface area contributed by atoms with E-state index in [1.54, 1.807) is 11.8 Å². The lowest BCUT2D eigenvalue weighted by Gasteiger charge is -2.11. The molecule has 2 aromatic carbocycles. The number of aryl methyl sites for hydroxylation is 1. The van der Waals surface area contributed by atoms with Crippen molar-refractivity contribution in [2.75, 3.05) is 6.54 Å². The standard InChI is InChI=1S/C16H18ClNS/c1-3-18-11-13-5-4-6-15(17)16(13)19-14-9-7-12(2)8-10-14/h4-10,18H,3,11H2,1-2H3. The number of nitrogens with one attached hydrogen (secondary N) is 1. The molecule has 0 fully saturated rings. The van der Waals surface area contributed by atoms with Gasteiger partial charge in [0.25, 0.3) is 0 Å². The zero-order chi connectivity index (χ0) is 13.7. The molecule has 0 aliphatic rings. The van der Waals surface area contributed by atoms with E-state index in [9.17, 15) is 0 Å². The molecule has 2 aromatic rings. The second-order valence-corrected chi connectivity index (χ2v) is 5.91. The van der Waals surface area contributed by atoms with Crippen LogP contribution in [0.1, 0.15) is 18.1 Å². The molecule has 0 spiro atoms. The van der Waals surface area contributed by atoms with Gasteiger partial charge in [0.2, 0.25) is 0 Å². The molecule has 0 bridgehead atoms. The Labute approximate surface area is 124 Å². The molecule has 0 aliphatic carbocycles. The molecule has 3 heteroatoms. The summed E-state index contributed by atoms with van der Waals surface area (Å²) in [5, 5.41) is 4.18. The summed E-state index contributed by atoms with van der Waals surface area (Å²) in [6, 6.07) is 14.6. The zero-order valence-corrected chi connectivity index (χ0v) is 12.8. The van der Waals surface area contributed by atoms with Gasteiger partial charge in [0.1, 0.15) is 0 Å². The predicted octanol–water partition coefficient (Wildman–Crippen LogP) is 4.91. The van der Waals surface area contributed by atoms with E-state index < -0.39 is 0 Å². The third-order valence-corrected chi connectivity index (χ3v) is 4.48. The number of hydrogen-bond acceptors (Lipinski definition) is 2. The monoisotopic (exact) mass is 291 g/mol. The molecule has 1 nitrogen and oxygen atoms in total. The van der Waals surface area contributed by atoms with Crippen molar-refractivity contribution in [2.24, 2.45) is 0 Å². The van der Waals surface area contributed by atoms with Gasteiger partial charge in [-0.15, -0.1) is 0 Å². The van der Waals surface area contributed by atoms with E-state index in [2.05, 4.69) is 49.5 Å². The third kappa shape index (κ3) is 4.00. The lowest BCUT2D eigenvalue weighted by atomic mass is 10.2. The number of rotatable bonds is 5. The summed E-state index contributed by atoms with van der Waals surface area (Å²) in [6.45, 7) is 6.02. The number of halogens is 1. The predicted molar refractivity (Wildman–Crippen MR) is 84.1 cm³/mol. The van der Waals surface area contributed by atoms with Crippen LogP contribution in [0.25, 0.3) is 0 Å². The molecular formula is C16H18ClNS.